The van der Waals surface area contributed by atoms with E-state index in [2.05, 4.69) is 10.2 Å². The zero-order chi connectivity index (χ0) is 18.1. The fraction of sp³-hybridized carbons (Fsp3) is 0.158. The molecule has 2 amide bonds. The summed E-state index contributed by atoms with van der Waals surface area (Å²) in [4.78, 5) is 13.5. The quantitative estimate of drug-likeness (QED) is 0.744. The number of hydrogen-bond donors (Lipinski definition) is 2. The SMILES string of the molecule is Cc1cc(C)cc(N(C(N)=O)c2n[nH]c(C)c2-c2cccc(F)c2)c1. The van der Waals surface area contributed by atoms with Gasteiger partial charge in [-0.15, -0.1) is 0 Å². The minimum Gasteiger partial charge on any atom is -0.351 e. The van der Waals surface area contributed by atoms with Crippen molar-refractivity contribution in [3.8, 4) is 11.1 Å². The molecule has 0 spiro atoms. The van der Waals surface area contributed by atoms with Crippen molar-refractivity contribution < 1.29 is 9.18 Å². The molecule has 0 aliphatic rings. The summed E-state index contributed by atoms with van der Waals surface area (Å²) in [5, 5.41) is 7.12. The molecule has 1 aromatic heterocycles. The maximum atomic E-state index is 13.7. The van der Waals surface area contributed by atoms with E-state index in [-0.39, 0.29) is 5.82 Å². The predicted octanol–water partition coefficient (Wildman–Crippen LogP) is 4.36. The molecular weight excluding hydrogens is 319 g/mol. The number of halogens is 1. The van der Waals surface area contributed by atoms with Gasteiger partial charge in [0.2, 0.25) is 0 Å². The average molecular weight is 338 g/mol. The van der Waals surface area contributed by atoms with Crippen molar-refractivity contribution in [1.29, 1.82) is 0 Å². The van der Waals surface area contributed by atoms with Gasteiger partial charge in [-0.25, -0.2) is 14.1 Å². The number of amides is 2. The first kappa shape index (κ1) is 16.7. The summed E-state index contributed by atoms with van der Waals surface area (Å²) in [5.41, 5.74) is 10.2. The highest BCUT2D eigenvalue weighted by Crippen LogP contribution is 2.36. The molecule has 0 radical (unpaired) electrons. The molecule has 3 rings (SSSR count). The number of benzene rings is 2. The molecule has 0 saturated carbocycles. The van der Waals surface area contributed by atoms with Crippen LogP contribution in [0, 0.1) is 26.6 Å². The van der Waals surface area contributed by atoms with Crippen molar-refractivity contribution in [2.45, 2.75) is 20.8 Å². The maximum Gasteiger partial charge on any atom is 0.325 e. The molecular formula is C19H19FN4O. The van der Waals surface area contributed by atoms with Crippen LogP contribution in [-0.2, 0) is 0 Å². The fourth-order valence-electron chi connectivity index (χ4n) is 3.00. The highest BCUT2D eigenvalue weighted by atomic mass is 19.1. The minimum atomic E-state index is -0.658. The summed E-state index contributed by atoms with van der Waals surface area (Å²) >= 11 is 0. The Balaban J connectivity index is 2.21. The molecule has 5 nitrogen and oxygen atoms in total. The Kier molecular flexibility index (Phi) is 4.27. The van der Waals surface area contributed by atoms with Gasteiger partial charge >= 0.3 is 6.03 Å². The normalized spacial score (nSPS) is 10.7. The average Bonchev–Trinajstić information content (AvgIpc) is 2.87. The summed E-state index contributed by atoms with van der Waals surface area (Å²) in [7, 11) is 0. The lowest BCUT2D eigenvalue weighted by Crippen LogP contribution is -2.32. The van der Waals surface area contributed by atoms with Crippen LogP contribution in [0.1, 0.15) is 16.8 Å². The van der Waals surface area contributed by atoms with E-state index in [1.54, 1.807) is 12.1 Å². The molecule has 0 fully saturated rings. The van der Waals surface area contributed by atoms with Crippen molar-refractivity contribution in [1.82, 2.24) is 10.2 Å². The monoisotopic (exact) mass is 338 g/mol. The van der Waals surface area contributed by atoms with E-state index in [4.69, 9.17) is 5.73 Å². The molecule has 0 aliphatic carbocycles. The largest absolute Gasteiger partial charge is 0.351 e. The van der Waals surface area contributed by atoms with E-state index < -0.39 is 6.03 Å². The van der Waals surface area contributed by atoms with Crippen LogP contribution in [-0.4, -0.2) is 16.2 Å². The first-order valence-corrected chi connectivity index (χ1v) is 7.85. The van der Waals surface area contributed by atoms with Gasteiger partial charge in [0.1, 0.15) is 5.82 Å². The van der Waals surface area contributed by atoms with E-state index in [0.29, 0.717) is 22.6 Å². The van der Waals surface area contributed by atoms with Gasteiger partial charge in [-0.05, 0) is 61.7 Å². The molecule has 0 aliphatic heterocycles. The number of nitrogens with one attached hydrogen (secondary N) is 1. The van der Waals surface area contributed by atoms with E-state index in [0.717, 1.165) is 16.8 Å². The maximum absolute atomic E-state index is 13.7. The Hall–Kier alpha value is -3.15. The van der Waals surface area contributed by atoms with Gasteiger partial charge in [0.15, 0.2) is 5.82 Å². The lowest BCUT2D eigenvalue weighted by molar-refractivity contribution is 0.256. The molecule has 3 N–H and O–H groups in total. The van der Waals surface area contributed by atoms with Gasteiger partial charge in [0.25, 0.3) is 0 Å². The number of aromatic amines is 1. The van der Waals surface area contributed by atoms with Crippen molar-refractivity contribution >= 4 is 17.5 Å². The third-order valence-electron chi connectivity index (χ3n) is 3.94. The van der Waals surface area contributed by atoms with Gasteiger partial charge in [0, 0.05) is 11.3 Å². The van der Waals surface area contributed by atoms with Crippen LogP contribution in [0.4, 0.5) is 20.7 Å². The third-order valence-corrected chi connectivity index (χ3v) is 3.94. The number of aromatic nitrogens is 2. The molecule has 0 atom stereocenters. The van der Waals surface area contributed by atoms with Crippen molar-refractivity contribution in [3.05, 3.63) is 65.1 Å². The Labute approximate surface area is 145 Å². The molecule has 2 aromatic carbocycles. The van der Waals surface area contributed by atoms with E-state index >= 15 is 0 Å². The number of urea groups is 1. The number of aryl methyl sites for hydroxylation is 3. The number of primary amides is 1. The molecule has 128 valence electrons. The number of carbonyl (C=O) groups is 1. The van der Waals surface area contributed by atoms with E-state index in [1.165, 1.54) is 17.0 Å². The topological polar surface area (TPSA) is 75.0 Å². The number of anilines is 2. The molecule has 0 saturated heterocycles. The highest BCUT2D eigenvalue weighted by Gasteiger charge is 2.24. The second kappa shape index (κ2) is 6.39. The molecule has 0 bridgehead atoms. The van der Waals surface area contributed by atoms with Crippen LogP contribution in [0.25, 0.3) is 11.1 Å². The number of hydrogen-bond acceptors (Lipinski definition) is 2. The van der Waals surface area contributed by atoms with Gasteiger partial charge in [-0.1, -0.05) is 18.2 Å². The van der Waals surface area contributed by atoms with Crippen LogP contribution in [0.15, 0.2) is 42.5 Å². The summed E-state index contributed by atoms with van der Waals surface area (Å²) < 4.78 is 13.7. The van der Waals surface area contributed by atoms with Crippen LogP contribution in [0.3, 0.4) is 0 Å². The van der Waals surface area contributed by atoms with Crippen molar-refractivity contribution in [2.75, 3.05) is 4.90 Å². The predicted molar refractivity (Wildman–Crippen MR) is 96.4 cm³/mol. The Bertz CT molecular complexity index is 928. The minimum absolute atomic E-state index is 0.348. The van der Waals surface area contributed by atoms with Crippen LogP contribution >= 0.6 is 0 Å². The number of nitrogens with two attached hydrogens (primary N) is 1. The molecule has 0 unspecified atom stereocenters. The van der Waals surface area contributed by atoms with Crippen LogP contribution in [0.2, 0.25) is 0 Å². The van der Waals surface area contributed by atoms with Crippen LogP contribution in [0.5, 0.6) is 0 Å². The summed E-state index contributed by atoms with van der Waals surface area (Å²) in [5.74, 6) is -0.0123. The highest BCUT2D eigenvalue weighted by molar-refractivity contribution is 6.01. The lowest BCUT2D eigenvalue weighted by Gasteiger charge is -2.21. The fourth-order valence-corrected chi connectivity index (χ4v) is 3.00. The molecule has 3 aromatic rings. The summed E-state index contributed by atoms with van der Waals surface area (Å²) in [6, 6.07) is 11.2. The first-order chi connectivity index (χ1) is 11.9. The van der Waals surface area contributed by atoms with Crippen molar-refractivity contribution in [3.63, 3.8) is 0 Å². The third kappa shape index (κ3) is 3.24. The smallest absolute Gasteiger partial charge is 0.325 e. The van der Waals surface area contributed by atoms with Gasteiger partial charge in [-0.2, -0.15) is 5.10 Å². The first-order valence-electron chi connectivity index (χ1n) is 7.85. The number of rotatable bonds is 3. The standard InChI is InChI=1S/C19H19FN4O/c1-11-7-12(2)9-16(8-11)24(19(21)25)18-17(13(3)22-23-18)14-5-4-6-15(20)10-14/h4-10H,1-3H3,(H2,21,25)(H,22,23). The van der Waals surface area contributed by atoms with Gasteiger partial charge in [0.05, 0.1) is 5.69 Å². The van der Waals surface area contributed by atoms with E-state index in [1.807, 2.05) is 39.0 Å². The summed E-state index contributed by atoms with van der Waals surface area (Å²) in [6.45, 7) is 5.70. The van der Waals surface area contributed by atoms with Gasteiger partial charge in [-0.3, -0.25) is 5.10 Å². The van der Waals surface area contributed by atoms with Crippen molar-refractivity contribution in [2.24, 2.45) is 5.73 Å². The molecule has 25 heavy (non-hydrogen) atoms. The zero-order valence-corrected chi connectivity index (χ0v) is 14.3. The summed E-state index contributed by atoms with van der Waals surface area (Å²) in [6.07, 6.45) is 0. The van der Waals surface area contributed by atoms with Crippen LogP contribution < -0.4 is 10.6 Å². The molecule has 6 heteroatoms. The van der Waals surface area contributed by atoms with E-state index in [9.17, 15) is 9.18 Å². The second-order valence-corrected chi connectivity index (χ2v) is 6.08. The number of H-pyrrole nitrogens is 1. The number of nitrogens with zero attached hydrogens (tertiary/aromatic N) is 2. The Morgan fingerprint density at radius 3 is 2.40 bits per heavy atom. The van der Waals surface area contributed by atoms with Gasteiger partial charge < -0.3 is 5.73 Å². The zero-order valence-electron chi connectivity index (χ0n) is 14.3. The Morgan fingerprint density at radius 1 is 1.12 bits per heavy atom. The Morgan fingerprint density at radius 2 is 1.80 bits per heavy atom. The number of carbonyl (C=O) groups excluding carboxylic acids is 1. The molecule has 1 heterocycles. The lowest BCUT2D eigenvalue weighted by atomic mass is 10.0. The second-order valence-electron chi connectivity index (χ2n) is 6.08.